The number of alkyl halides is 4. The molecule has 8 nitrogen and oxygen atoms in total. The van der Waals surface area contributed by atoms with E-state index in [0.717, 1.165) is 34.8 Å². The molecule has 2 aliphatic heterocycles. The monoisotopic (exact) mass is 566 g/mol. The van der Waals surface area contributed by atoms with Crippen molar-refractivity contribution in [3.8, 4) is 0 Å². The lowest BCUT2D eigenvalue weighted by molar-refractivity contribution is -0.344. The quantitative estimate of drug-likeness (QED) is 0.518. The van der Waals surface area contributed by atoms with Crippen LogP contribution >= 0.6 is 0 Å². The number of halogens is 6. The molecule has 0 radical (unpaired) electrons. The molecule has 0 aliphatic carbocycles. The van der Waals surface area contributed by atoms with Gasteiger partial charge in [-0.25, -0.2) is 21.6 Å². The Balaban J connectivity index is 1.41. The Morgan fingerprint density at radius 2 is 1.79 bits per heavy atom. The molecule has 2 aliphatic rings. The smallest absolute Gasteiger partial charge is 0.369 e. The fourth-order valence-corrected chi connectivity index (χ4v) is 6.14. The Labute approximate surface area is 214 Å². The highest BCUT2D eigenvalue weighted by molar-refractivity contribution is 7.89. The summed E-state index contributed by atoms with van der Waals surface area (Å²) in [5.41, 5.74) is 0.283. The van der Waals surface area contributed by atoms with E-state index in [4.69, 9.17) is 0 Å². The first-order valence-electron chi connectivity index (χ1n) is 11.7. The van der Waals surface area contributed by atoms with Crippen LogP contribution in [-0.4, -0.2) is 67.9 Å². The molecule has 3 heterocycles. The highest BCUT2D eigenvalue weighted by atomic mass is 32.2. The maximum absolute atomic E-state index is 14.4. The molecule has 1 aromatic heterocycles. The number of nitrogens with zero attached hydrogens (tertiary/aromatic N) is 3. The van der Waals surface area contributed by atoms with Gasteiger partial charge in [-0.1, -0.05) is 0 Å². The minimum Gasteiger partial charge on any atom is -0.369 e. The number of ether oxygens (including phenoxy) is 1. The molecule has 1 aromatic carbocycles. The molecule has 1 amide bonds. The Bertz CT molecular complexity index is 1250. The predicted octanol–water partition coefficient (Wildman–Crippen LogP) is 3.28. The van der Waals surface area contributed by atoms with Gasteiger partial charge in [0, 0.05) is 26.1 Å². The highest BCUT2D eigenvalue weighted by Crippen LogP contribution is 2.30. The maximum Gasteiger partial charge on any atom is 0.522 e. The third kappa shape index (κ3) is 6.56. The van der Waals surface area contributed by atoms with E-state index in [-0.39, 0.29) is 55.2 Å². The number of hydrogen-bond donors (Lipinski definition) is 1. The average Bonchev–Trinajstić information content (AvgIpc) is 3.26. The first kappa shape index (κ1) is 28.1. The number of anilines is 1. The van der Waals surface area contributed by atoms with Gasteiger partial charge in [0.2, 0.25) is 15.9 Å². The fraction of sp³-hybridized carbons (Fsp3) is 0.478. The zero-order valence-electron chi connectivity index (χ0n) is 19.8. The predicted molar refractivity (Wildman–Crippen MR) is 122 cm³/mol. The molecule has 0 bridgehead atoms. The number of sulfonamides is 1. The van der Waals surface area contributed by atoms with Crippen LogP contribution in [0, 0.1) is 11.6 Å². The second-order valence-electron chi connectivity index (χ2n) is 8.97. The minimum atomic E-state index is -4.75. The largest absolute Gasteiger partial charge is 0.522 e. The topological polar surface area (TPSA) is 91.8 Å². The highest BCUT2D eigenvalue weighted by Gasteiger charge is 2.44. The third-order valence-electron chi connectivity index (χ3n) is 6.35. The molecule has 2 fully saturated rings. The maximum atomic E-state index is 14.4. The number of carbonyl (C=O) groups excluding carboxylic acids is 1. The third-order valence-corrected chi connectivity index (χ3v) is 8.23. The summed E-state index contributed by atoms with van der Waals surface area (Å²) in [7, 11) is -4.30. The minimum absolute atomic E-state index is 0.0256. The van der Waals surface area contributed by atoms with Crippen molar-refractivity contribution in [3.05, 3.63) is 53.9 Å². The Morgan fingerprint density at radius 3 is 2.42 bits per heavy atom. The average molecular weight is 567 g/mol. The zero-order chi connectivity index (χ0) is 27.7. The molecular weight excluding hydrogens is 542 g/mol. The van der Waals surface area contributed by atoms with Gasteiger partial charge in [0.1, 0.15) is 18.0 Å². The molecule has 1 N–H and O–H groups in total. The van der Waals surface area contributed by atoms with Crippen molar-refractivity contribution in [2.75, 3.05) is 24.5 Å². The van der Waals surface area contributed by atoms with E-state index in [1.165, 1.54) is 6.07 Å². The molecule has 2 aromatic rings. The zero-order valence-corrected chi connectivity index (χ0v) is 20.6. The molecule has 0 unspecified atom stereocenters. The molecule has 2 atom stereocenters. The summed E-state index contributed by atoms with van der Waals surface area (Å²) >= 11 is 0. The lowest BCUT2D eigenvalue weighted by atomic mass is 10.1. The van der Waals surface area contributed by atoms with Crippen LogP contribution in [0.15, 0.2) is 41.4 Å². The van der Waals surface area contributed by atoms with Crippen LogP contribution in [0.3, 0.4) is 0 Å². The second-order valence-corrected chi connectivity index (χ2v) is 10.9. The summed E-state index contributed by atoms with van der Waals surface area (Å²) in [6, 6.07) is 3.89. The lowest BCUT2D eigenvalue weighted by Gasteiger charge is -2.34. The summed E-state index contributed by atoms with van der Waals surface area (Å²) in [5.74, 6) is -2.16. The van der Waals surface area contributed by atoms with E-state index in [9.17, 15) is 39.6 Å². The van der Waals surface area contributed by atoms with Crippen LogP contribution in [0.4, 0.5) is 32.0 Å². The number of pyridine rings is 1. The summed E-state index contributed by atoms with van der Waals surface area (Å²) in [5, 5.41) is 2.49. The van der Waals surface area contributed by atoms with Crippen LogP contribution < -0.4 is 10.2 Å². The summed E-state index contributed by atoms with van der Waals surface area (Å²) in [6.07, 6.45) is -6.81. The standard InChI is InChI=1S/C23H24F6N4O4S/c24-14-1-3-18(4-2-14)38(35,36)33-13-15(25)9-21(33)22(34)31-11-16-10-20(19(26)12-30-16)32-7-5-17(6-8-32)37-23(27,28)29/h1-4,10,12,15,17,21H,5-9,11,13H2,(H,31,34)/t15-,21-/m1/s1. The van der Waals surface area contributed by atoms with Crippen LogP contribution in [0.25, 0.3) is 0 Å². The van der Waals surface area contributed by atoms with Crippen LogP contribution in [0.1, 0.15) is 25.0 Å². The molecular formula is C23H24F6N4O4S. The van der Waals surface area contributed by atoms with Crippen molar-refractivity contribution in [3.63, 3.8) is 0 Å². The lowest BCUT2D eigenvalue weighted by Crippen LogP contribution is -2.45. The molecule has 4 rings (SSSR count). The first-order chi connectivity index (χ1) is 17.8. The van der Waals surface area contributed by atoms with Gasteiger partial charge < -0.3 is 10.2 Å². The normalized spacial score (nSPS) is 21.6. The van der Waals surface area contributed by atoms with Crippen molar-refractivity contribution >= 4 is 21.6 Å². The molecule has 208 valence electrons. The Kier molecular flexibility index (Phi) is 8.18. The number of amides is 1. The number of nitrogens with one attached hydrogen (secondary N) is 1. The van der Waals surface area contributed by atoms with Gasteiger partial charge in [-0.3, -0.25) is 14.5 Å². The Hall–Kier alpha value is -2.91. The SMILES string of the molecule is O=C(NCc1cc(N2CCC(OC(F)(F)F)CC2)c(F)cn1)[C@H]1C[C@@H](F)CN1S(=O)(=O)c1ccc(F)cc1. The van der Waals surface area contributed by atoms with Gasteiger partial charge in [-0.05, 0) is 43.2 Å². The number of benzene rings is 1. The van der Waals surface area contributed by atoms with Crippen LogP contribution in [0.5, 0.6) is 0 Å². The van der Waals surface area contributed by atoms with Crippen molar-refractivity contribution in [1.82, 2.24) is 14.6 Å². The van der Waals surface area contributed by atoms with E-state index < -0.39 is 58.8 Å². The molecule has 2 saturated heterocycles. The number of aromatic nitrogens is 1. The van der Waals surface area contributed by atoms with Gasteiger partial charge in [0.25, 0.3) is 0 Å². The number of carbonyl (C=O) groups is 1. The van der Waals surface area contributed by atoms with E-state index in [1.807, 2.05) is 0 Å². The summed E-state index contributed by atoms with van der Waals surface area (Å²) in [6.45, 7) is -0.588. The van der Waals surface area contributed by atoms with Crippen LogP contribution in [-0.2, 0) is 26.1 Å². The number of rotatable bonds is 7. The molecule has 0 saturated carbocycles. The van der Waals surface area contributed by atoms with Crippen LogP contribution in [0.2, 0.25) is 0 Å². The van der Waals surface area contributed by atoms with Gasteiger partial charge in [0.05, 0.1) is 35.1 Å². The Morgan fingerprint density at radius 1 is 1.13 bits per heavy atom. The molecule has 0 spiro atoms. The van der Waals surface area contributed by atoms with Gasteiger partial charge in [-0.2, -0.15) is 4.31 Å². The molecule has 15 heteroatoms. The van der Waals surface area contributed by atoms with E-state index in [1.54, 1.807) is 4.90 Å². The van der Waals surface area contributed by atoms with Crippen molar-refractivity contribution < 1.29 is 44.3 Å². The van der Waals surface area contributed by atoms with Crippen molar-refractivity contribution in [2.24, 2.45) is 0 Å². The van der Waals surface area contributed by atoms with Gasteiger partial charge in [0.15, 0.2) is 5.82 Å². The van der Waals surface area contributed by atoms with Crippen molar-refractivity contribution in [1.29, 1.82) is 0 Å². The number of piperidine rings is 1. The van der Waals surface area contributed by atoms with Gasteiger partial charge in [-0.15, -0.1) is 13.2 Å². The summed E-state index contributed by atoms with van der Waals surface area (Å²) < 4.78 is 110. The van der Waals surface area contributed by atoms with E-state index >= 15 is 0 Å². The first-order valence-corrected chi connectivity index (χ1v) is 13.1. The van der Waals surface area contributed by atoms with Crippen molar-refractivity contribution in [2.45, 2.75) is 55.4 Å². The fourth-order valence-electron chi connectivity index (χ4n) is 4.51. The number of hydrogen-bond acceptors (Lipinski definition) is 6. The second kappa shape index (κ2) is 11.1. The van der Waals surface area contributed by atoms with Gasteiger partial charge >= 0.3 is 6.36 Å². The van der Waals surface area contributed by atoms with E-state index in [0.29, 0.717) is 0 Å². The molecule has 38 heavy (non-hydrogen) atoms. The summed E-state index contributed by atoms with van der Waals surface area (Å²) in [4.78, 5) is 18.0. The van der Waals surface area contributed by atoms with E-state index in [2.05, 4.69) is 15.0 Å².